The second-order valence-electron chi connectivity index (χ2n) is 1.74. The molecule has 1 aliphatic rings. The van der Waals surface area contributed by atoms with E-state index in [0.717, 1.165) is 5.71 Å². The fourth-order valence-electron chi connectivity index (χ4n) is 0.422. The van der Waals surface area contributed by atoms with Crippen LogP contribution >= 0.6 is 0 Å². The van der Waals surface area contributed by atoms with Gasteiger partial charge in [0.05, 0.1) is 5.71 Å². The minimum atomic E-state index is 0.593. The SMILES string of the molecule is CC1=NN=C(C)OC1. The highest BCUT2D eigenvalue weighted by Gasteiger charge is 1.99. The van der Waals surface area contributed by atoms with E-state index in [4.69, 9.17) is 4.74 Å². The molecule has 0 saturated heterocycles. The van der Waals surface area contributed by atoms with E-state index in [9.17, 15) is 0 Å². The van der Waals surface area contributed by atoms with Gasteiger partial charge < -0.3 is 4.74 Å². The van der Waals surface area contributed by atoms with E-state index in [1.807, 2.05) is 6.92 Å². The van der Waals surface area contributed by atoms with E-state index < -0.39 is 0 Å². The van der Waals surface area contributed by atoms with Gasteiger partial charge in [-0.2, -0.15) is 5.10 Å². The number of nitrogens with zero attached hydrogens (tertiary/aromatic N) is 2. The topological polar surface area (TPSA) is 34.0 Å². The van der Waals surface area contributed by atoms with E-state index >= 15 is 0 Å². The van der Waals surface area contributed by atoms with Gasteiger partial charge in [0, 0.05) is 6.92 Å². The Kier molecular flexibility index (Phi) is 1.28. The van der Waals surface area contributed by atoms with Crippen molar-refractivity contribution < 1.29 is 4.74 Å². The first-order chi connectivity index (χ1) is 3.79. The van der Waals surface area contributed by atoms with Gasteiger partial charge >= 0.3 is 0 Å². The summed E-state index contributed by atoms with van der Waals surface area (Å²) in [5, 5.41) is 7.48. The first kappa shape index (κ1) is 5.28. The predicted molar refractivity (Wildman–Crippen MR) is 32.2 cm³/mol. The molecular formula is C5H8N2O. The highest BCUT2D eigenvalue weighted by atomic mass is 16.5. The van der Waals surface area contributed by atoms with Crippen LogP contribution in [0.1, 0.15) is 13.8 Å². The number of hydrogen-bond donors (Lipinski definition) is 0. The molecule has 0 aromatic rings. The third-order valence-electron chi connectivity index (χ3n) is 0.851. The van der Waals surface area contributed by atoms with Crippen LogP contribution in [-0.2, 0) is 4.74 Å². The Bertz CT molecular complexity index is 131. The summed E-state index contributed by atoms with van der Waals surface area (Å²) in [6, 6.07) is 0. The van der Waals surface area contributed by atoms with Crippen LogP contribution < -0.4 is 0 Å². The molecule has 0 fully saturated rings. The standard InChI is InChI=1S/C5H8N2O/c1-4-3-8-5(2)7-6-4/h3H2,1-2H3. The molecule has 0 spiro atoms. The molecule has 44 valence electrons. The van der Waals surface area contributed by atoms with E-state index in [0.29, 0.717) is 12.5 Å². The van der Waals surface area contributed by atoms with E-state index in [1.165, 1.54) is 0 Å². The zero-order valence-electron chi connectivity index (χ0n) is 5.01. The highest BCUT2D eigenvalue weighted by molar-refractivity contribution is 5.88. The van der Waals surface area contributed by atoms with Gasteiger partial charge in [0.2, 0.25) is 5.90 Å². The lowest BCUT2D eigenvalue weighted by Crippen LogP contribution is -2.12. The van der Waals surface area contributed by atoms with Crippen molar-refractivity contribution in [2.45, 2.75) is 13.8 Å². The van der Waals surface area contributed by atoms with Gasteiger partial charge in [-0.15, -0.1) is 5.10 Å². The maximum atomic E-state index is 5.01. The monoisotopic (exact) mass is 112 g/mol. The second-order valence-corrected chi connectivity index (χ2v) is 1.74. The average molecular weight is 112 g/mol. The molecule has 3 heteroatoms. The fraction of sp³-hybridized carbons (Fsp3) is 0.600. The molecule has 1 aliphatic heterocycles. The Balaban J connectivity index is 2.65. The van der Waals surface area contributed by atoms with Crippen molar-refractivity contribution in [2.75, 3.05) is 6.61 Å². The summed E-state index contributed by atoms with van der Waals surface area (Å²) in [4.78, 5) is 0. The van der Waals surface area contributed by atoms with Crippen LogP contribution in [-0.4, -0.2) is 18.2 Å². The highest BCUT2D eigenvalue weighted by Crippen LogP contribution is 1.92. The third kappa shape index (κ3) is 1.05. The average Bonchev–Trinajstić information content (AvgIpc) is 1.77. The first-order valence-corrected chi connectivity index (χ1v) is 2.49. The van der Waals surface area contributed by atoms with Crippen molar-refractivity contribution in [3.63, 3.8) is 0 Å². The van der Waals surface area contributed by atoms with Crippen LogP contribution in [0.2, 0.25) is 0 Å². The minimum Gasteiger partial charge on any atom is -0.474 e. The Hall–Kier alpha value is -0.860. The zero-order valence-corrected chi connectivity index (χ0v) is 5.01. The summed E-state index contributed by atoms with van der Waals surface area (Å²) >= 11 is 0. The third-order valence-corrected chi connectivity index (χ3v) is 0.851. The van der Waals surface area contributed by atoms with Gasteiger partial charge in [-0.1, -0.05) is 0 Å². The van der Waals surface area contributed by atoms with Crippen molar-refractivity contribution in [3.8, 4) is 0 Å². The van der Waals surface area contributed by atoms with Crippen LogP contribution in [0.4, 0.5) is 0 Å². The number of rotatable bonds is 0. The summed E-state index contributed by atoms with van der Waals surface area (Å²) in [5.74, 6) is 0.649. The lowest BCUT2D eigenvalue weighted by Gasteiger charge is -2.06. The summed E-state index contributed by atoms with van der Waals surface area (Å²) in [6.07, 6.45) is 0. The van der Waals surface area contributed by atoms with Gasteiger partial charge in [0.15, 0.2) is 0 Å². The normalized spacial score (nSPS) is 18.8. The van der Waals surface area contributed by atoms with Crippen molar-refractivity contribution in [1.82, 2.24) is 0 Å². The Morgan fingerprint density at radius 2 is 2.12 bits per heavy atom. The van der Waals surface area contributed by atoms with Crippen LogP contribution in [0, 0.1) is 0 Å². The first-order valence-electron chi connectivity index (χ1n) is 2.49. The smallest absolute Gasteiger partial charge is 0.205 e. The van der Waals surface area contributed by atoms with Gasteiger partial charge in [-0.25, -0.2) is 0 Å². The summed E-state index contributed by atoms with van der Waals surface area (Å²) < 4.78 is 5.01. The molecule has 1 heterocycles. The van der Waals surface area contributed by atoms with Crippen molar-refractivity contribution in [2.24, 2.45) is 10.2 Å². The van der Waals surface area contributed by atoms with Crippen LogP contribution in [0.25, 0.3) is 0 Å². The van der Waals surface area contributed by atoms with Gasteiger partial charge in [-0.05, 0) is 6.92 Å². The molecule has 3 nitrogen and oxygen atoms in total. The summed E-state index contributed by atoms with van der Waals surface area (Å²) in [7, 11) is 0. The largest absolute Gasteiger partial charge is 0.474 e. The lowest BCUT2D eigenvalue weighted by atomic mass is 10.4. The molecule has 8 heavy (non-hydrogen) atoms. The molecular weight excluding hydrogens is 104 g/mol. The predicted octanol–water partition coefficient (Wildman–Crippen LogP) is 0.811. The van der Waals surface area contributed by atoms with Gasteiger partial charge in [0.25, 0.3) is 0 Å². The molecule has 0 aliphatic carbocycles. The van der Waals surface area contributed by atoms with E-state index in [2.05, 4.69) is 10.2 Å². The molecule has 0 aromatic heterocycles. The Labute approximate surface area is 48.1 Å². The molecule has 0 saturated carbocycles. The quantitative estimate of drug-likeness (QED) is 0.456. The molecule has 0 aromatic carbocycles. The molecule has 1 rings (SSSR count). The molecule has 0 radical (unpaired) electrons. The maximum Gasteiger partial charge on any atom is 0.205 e. The Morgan fingerprint density at radius 3 is 2.50 bits per heavy atom. The molecule has 0 amide bonds. The summed E-state index contributed by atoms with van der Waals surface area (Å²) in [6.45, 7) is 4.27. The van der Waals surface area contributed by atoms with Crippen molar-refractivity contribution in [1.29, 1.82) is 0 Å². The van der Waals surface area contributed by atoms with E-state index in [1.54, 1.807) is 6.92 Å². The second kappa shape index (κ2) is 1.94. The van der Waals surface area contributed by atoms with Crippen LogP contribution in [0.15, 0.2) is 10.2 Å². The van der Waals surface area contributed by atoms with E-state index in [-0.39, 0.29) is 0 Å². The maximum absolute atomic E-state index is 5.01. The van der Waals surface area contributed by atoms with Gasteiger partial charge in [-0.3, -0.25) is 0 Å². The van der Waals surface area contributed by atoms with Crippen LogP contribution in [0.3, 0.4) is 0 Å². The molecule has 0 atom stereocenters. The number of ether oxygens (including phenoxy) is 1. The zero-order chi connectivity index (χ0) is 5.98. The molecule has 0 N–H and O–H groups in total. The van der Waals surface area contributed by atoms with Gasteiger partial charge in [0.1, 0.15) is 6.61 Å². The van der Waals surface area contributed by atoms with Crippen molar-refractivity contribution >= 4 is 11.6 Å². The van der Waals surface area contributed by atoms with Crippen molar-refractivity contribution in [3.05, 3.63) is 0 Å². The fourth-order valence-corrected chi connectivity index (χ4v) is 0.422. The van der Waals surface area contributed by atoms with Crippen LogP contribution in [0.5, 0.6) is 0 Å². The minimum absolute atomic E-state index is 0.593. The molecule has 0 unspecified atom stereocenters. The molecule has 0 bridgehead atoms. The number of hydrogen-bond acceptors (Lipinski definition) is 3. The Morgan fingerprint density at radius 1 is 1.38 bits per heavy atom. The summed E-state index contributed by atoms with van der Waals surface area (Å²) in [5.41, 5.74) is 0.926. The lowest BCUT2D eigenvalue weighted by molar-refractivity contribution is 0.351.